The summed E-state index contributed by atoms with van der Waals surface area (Å²) < 4.78 is 19.3. The number of aryl methyl sites for hydroxylation is 2. The first-order valence-electron chi connectivity index (χ1n) is 9.97. The number of benzene rings is 2. The quantitative estimate of drug-likeness (QED) is 0.548. The van der Waals surface area contributed by atoms with Crippen molar-refractivity contribution in [2.75, 3.05) is 27.4 Å². The lowest BCUT2D eigenvalue weighted by molar-refractivity contribution is -0.147. The van der Waals surface area contributed by atoms with E-state index in [9.17, 15) is 9.59 Å². The van der Waals surface area contributed by atoms with Crippen LogP contribution in [0.5, 0.6) is 0 Å². The van der Waals surface area contributed by atoms with E-state index in [0.717, 1.165) is 24.0 Å². The molecule has 0 saturated carbocycles. The van der Waals surface area contributed by atoms with Crippen LogP contribution in [0.3, 0.4) is 0 Å². The summed E-state index contributed by atoms with van der Waals surface area (Å²) in [5, 5.41) is 0. The molecule has 2 aromatic rings. The lowest BCUT2D eigenvalue weighted by atomic mass is 10.1. The number of carbonyl (C=O) groups excluding carboxylic acids is 2. The highest BCUT2D eigenvalue weighted by Crippen LogP contribution is 2.07. The summed E-state index contributed by atoms with van der Waals surface area (Å²) in [5.74, 6) is -0.694. The van der Waals surface area contributed by atoms with Crippen LogP contribution in [-0.2, 0) is 54.6 Å². The molecule has 0 amide bonds. The lowest BCUT2D eigenvalue weighted by Crippen LogP contribution is -2.09. The molecular weight excluding hydrogens is 384 g/mol. The van der Waals surface area contributed by atoms with E-state index < -0.39 is 0 Å². The van der Waals surface area contributed by atoms with Crippen LogP contribution in [0.25, 0.3) is 0 Å². The largest absolute Gasteiger partial charge is 0.467 e. The van der Waals surface area contributed by atoms with Gasteiger partial charge in [-0.15, -0.1) is 0 Å². The Morgan fingerprint density at radius 3 is 1.17 bits per heavy atom. The molecule has 30 heavy (non-hydrogen) atoms. The van der Waals surface area contributed by atoms with E-state index in [1.807, 2.05) is 24.3 Å². The summed E-state index contributed by atoms with van der Waals surface area (Å²) in [6.45, 7) is 5.13. The Morgan fingerprint density at radius 2 is 0.900 bits per heavy atom. The molecule has 164 valence electrons. The normalized spacial score (nSPS) is 10.0. The van der Waals surface area contributed by atoms with E-state index >= 15 is 0 Å². The number of methoxy groups -OCH3 is 2. The van der Waals surface area contributed by atoms with Gasteiger partial charge < -0.3 is 18.9 Å². The Labute approximate surface area is 179 Å². The minimum absolute atomic E-state index is 0.00598. The van der Waals surface area contributed by atoms with Gasteiger partial charge in [-0.2, -0.15) is 0 Å². The Bertz CT molecular complexity index is 672. The topological polar surface area (TPSA) is 71.1 Å². The van der Waals surface area contributed by atoms with Crippen LogP contribution >= 0.6 is 0 Å². The number of ether oxygens (including phenoxy) is 4. The molecule has 0 fully saturated rings. The van der Waals surface area contributed by atoms with Gasteiger partial charge in [-0.05, 0) is 35.1 Å². The van der Waals surface area contributed by atoms with E-state index in [1.165, 1.54) is 25.3 Å². The van der Waals surface area contributed by atoms with Crippen molar-refractivity contribution in [1.29, 1.82) is 0 Å². The van der Waals surface area contributed by atoms with Gasteiger partial charge in [0, 0.05) is 0 Å². The average molecular weight is 417 g/mol. The van der Waals surface area contributed by atoms with Gasteiger partial charge in [0.25, 0.3) is 0 Å². The van der Waals surface area contributed by atoms with Crippen molar-refractivity contribution < 1.29 is 28.5 Å². The number of hydrogen-bond donors (Lipinski definition) is 0. The van der Waals surface area contributed by atoms with Gasteiger partial charge >= 0.3 is 11.9 Å². The van der Waals surface area contributed by atoms with E-state index in [0.29, 0.717) is 13.2 Å². The molecular formula is C24H32O6. The van der Waals surface area contributed by atoms with Crippen molar-refractivity contribution in [2.24, 2.45) is 0 Å². The summed E-state index contributed by atoms with van der Waals surface area (Å²) in [7, 11) is 2.70. The first-order valence-corrected chi connectivity index (χ1v) is 9.97. The Morgan fingerprint density at radius 1 is 0.600 bits per heavy atom. The summed E-state index contributed by atoms with van der Waals surface area (Å²) in [6, 6.07) is 16.3. The van der Waals surface area contributed by atoms with Gasteiger partial charge in [-0.25, -0.2) is 9.59 Å². The van der Waals surface area contributed by atoms with Crippen molar-refractivity contribution in [3.05, 3.63) is 70.8 Å². The van der Waals surface area contributed by atoms with Gasteiger partial charge in [0.1, 0.15) is 13.2 Å². The minimum Gasteiger partial charge on any atom is -0.467 e. The molecule has 0 atom stereocenters. The second-order valence-electron chi connectivity index (χ2n) is 6.48. The van der Waals surface area contributed by atoms with Crippen molar-refractivity contribution >= 4 is 11.9 Å². The van der Waals surface area contributed by atoms with E-state index in [4.69, 9.17) is 9.47 Å². The smallest absolute Gasteiger partial charge is 0.331 e. The fourth-order valence-electron chi connectivity index (χ4n) is 2.36. The third-order valence-corrected chi connectivity index (χ3v) is 4.30. The molecule has 6 nitrogen and oxygen atoms in total. The zero-order valence-electron chi connectivity index (χ0n) is 18.3. The second kappa shape index (κ2) is 15.2. The molecule has 0 unspecified atom stereocenters. The highest BCUT2D eigenvalue weighted by atomic mass is 16.6. The molecule has 0 aliphatic carbocycles. The fraction of sp³-hybridized carbons (Fsp3) is 0.417. The maximum Gasteiger partial charge on any atom is 0.331 e. The van der Waals surface area contributed by atoms with Gasteiger partial charge in [-0.3, -0.25) is 0 Å². The molecule has 0 aromatic heterocycles. The van der Waals surface area contributed by atoms with Crippen LogP contribution in [0.4, 0.5) is 0 Å². The van der Waals surface area contributed by atoms with Crippen LogP contribution < -0.4 is 0 Å². The predicted molar refractivity (Wildman–Crippen MR) is 115 cm³/mol. The molecule has 0 spiro atoms. The van der Waals surface area contributed by atoms with E-state index in [2.05, 4.69) is 47.6 Å². The maximum atomic E-state index is 10.8. The molecule has 2 rings (SSSR count). The highest BCUT2D eigenvalue weighted by Gasteiger charge is 2.01. The summed E-state index contributed by atoms with van der Waals surface area (Å²) in [4.78, 5) is 21.5. The number of hydrogen-bond acceptors (Lipinski definition) is 6. The summed E-state index contributed by atoms with van der Waals surface area (Å²) in [5.41, 5.74) is 4.73. The predicted octanol–water partition coefficient (Wildman–Crippen LogP) is 3.88. The van der Waals surface area contributed by atoms with Crippen LogP contribution in [0.1, 0.15) is 36.1 Å². The van der Waals surface area contributed by atoms with Crippen LogP contribution in [0.2, 0.25) is 0 Å². The van der Waals surface area contributed by atoms with E-state index in [-0.39, 0.29) is 25.2 Å². The van der Waals surface area contributed by atoms with E-state index in [1.54, 1.807) is 0 Å². The molecule has 0 radical (unpaired) electrons. The fourth-order valence-corrected chi connectivity index (χ4v) is 2.36. The van der Waals surface area contributed by atoms with Crippen LogP contribution in [0, 0.1) is 0 Å². The zero-order valence-corrected chi connectivity index (χ0v) is 18.3. The Kier molecular flexibility index (Phi) is 12.8. The summed E-state index contributed by atoms with van der Waals surface area (Å²) in [6.07, 6.45) is 2.06. The van der Waals surface area contributed by atoms with Crippen molar-refractivity contribution in [1.82, 2.24) is 0 Å². The van der Waals surface area contributed by atoms with Crippen LogP contribution in [0.15, 0.2) is 48.5 Å². The second-order valence-corrected chi connectivity index (χ2v) is 6.48. The first-order chi connectivity index (χ1) is 14.5. The third-order valence-electron chi connectivity index (χ3n) is 4.30. The minimum atomic E-state index is -0.347. The molecule has 0 aliphatic rings. The average Bonchev–Trinajstić information content (AvgIpc) is 2.80. The molecule has 0 saturated heterocycles. The molecule has 0 heterocycles. The number of esters is 2. The number of carbonyl (C=O) groups is 2. The molecule has 0 aliphatic heterocycles. The van der Waals surface area contributed by atoms with Gasteiger partial charge in [0.15, 0.2) is 0 Å². The monoisotopic (exact) mass is 416 g/mol. The van der Waals surface area contributed by atoms with Crippen molar-refractivity contribution in [2.45, 2.75) is 39.9 Å². The van der Waals surface area contributed by atoms with Gasteiger partial charge in [-0.1, -0.05) is 62.4 Å². The van der Waals surface area contributed by atoms with Crippen molar-refractivity contribution in [3.63, 3.8) is 0 Å². The molecule has 6 heteroatoms. The Balaban J connectivity index is 0.000000300. The van der Waals surface area contributed by atoms with Crippen LogP contribution in [-0.4, -0.2) is 39.4 Å². The number of rotatable bonds is 10. The Hall–Kier alpha value is -2.70. The summed E-state index contributed by atoms with van der Waals surface area (Å²) >= 11 is 0. The van der Waals surface area contributed by atoms with Gasteiger partial charge in [0.2, 0.25) is 0 Å². The standard InChI is InChI=1S/2C12H16O3/c2*1-3-10-4-6-11(7-5-10)8-15-9-12(13)14-2/h2*4-7H,3,8-9H2,1-2H3. The molecule has 0 N–H and O–H groups in total. The third kappa shape index (κ3) is 10.7. The molecule has 0 bridgehead atoms. The van der Waals surface area contributed by atoms with Crippen molar-refractivity contribution in [3.8, 4) is 0 Å². The first kappa shape index (κ1) is 25.3. The SMILES string of the molecule is CCc1ccc(COCC(=O)OC)cc1.CCc1ccc(COCC(=O)OC)cc1. The molecule has 2 aromatic carbocycles. The maximum absolute atomic E-state index is 10.8. The highest BCUT2D eigenvalue weighted by molar-refractivity contribution is 5.70. The lowest BCUT2D eigenvalue weighted by Gasteiger charge is -2.03. The zero-order chi connectivity index (χ0) is 22.2. The van der Waals surface area contributed by atoms with Gasteiger partial charge in [0.05, 0.1) is 27.4 Å².